The third-order valence-corrected chi connectivity index (χ3v) is 5.12. The Kier molecular flexibility index (Phi) is 3.16. The summed E-state index contributed by atoms with van der Waals surface area (Å²) >= 11 is 0. The van der Waals surface area contributed by atoms with Gasteiger partial charge in [-0.15, -0.1) is 0 Å². The fourth-order valence-corrected chi connectivity index (χ4v) is 3.64. The van der Waals surface area contributed by atoms with Crippen LogP contribution >= 0.6 is 0 Å². The summed E-state index contributed by atoms with van der Waals surface area (Å²) < 4.78 is 7.33. The maximum absolute atomic E-state index is 13.2. The predicted octanol–water partition coefficient (Wildman–Crippen LogP) is 2.88. The van der Waals surface area contributed by atoms with Crippen LogP contribution < -0.4 is 0 Å². The number of rotatable bonds is 3. The van der Waals surface area contributed by atoms with Gasteiger partial charge in [0.05, 0.1) is 11.6 Å². The van der Waals surface area contributed by atoms with Crippen LogP contribution in [0.2, 0.25) is 0 Å². The fraction of sp³-hybridized carbons (Fsp3) is 0.444. The predicted molar refractivity (Wildman–Crippen MR) is 89.2 cm³/mol. The third kappa shape index (κ3) is 2.33. The van der Waals surface area contributed by atoms with E-state index in [1.54, 1.807) is 0 Å². The molecule has 1 aliphatic carbocycles. The topological polar surface area (TPSA) is 76.5 Å². The van der Waals surface area contributed by atoms with Crippen molar-refractivity contribution in [3.8, 4) is 0 Å². The van der Waals surface area contributed by atoms with E-state index in [2.05, 4.69) is 15.1 Å². The number of aryl methyl sites for hydroxylation is 1. The van der Waals surface area contributed by atoms with E-state index in [4.69, 9.17) is 4.52 Å². The summed E-state index contributed by atoms with van der Waals surface area (Å²) in [6.07, 6.45) is 5.97. The van der Waals surface area contributed by atoms with Crippen LogP contribution in [0.5, 0.6) is 0 Å². The van der Waals surface area contributed by atoms with Gasteiger partial charge >= 0.3 is 0 Å². The molecule has 2 aliphatic rings. The lowest BCUT2D eigenvalue weighted by molar-refractivity contribution is 0.0725. The molecule has 0 N–H and O–H groups in total. The van der Waals surface area contributed by atoms with Crippen LogP contribution in [0.3, 0.4) is 0 Å². The molecule has 3 aromatic heterocycles. The number of hydrogen-bond acceptors (Lipinski definition) is 5. The van der Waals surface area contributed by atoms with E-state index in [9.17, 15) is 4.79 Å². The highest BCUT2D eigenvalue weighted by molar-refractivity contribution is 5.99. The first kappa shape index (κ1) is 14.6. The van der Waals surface area contributed by atoms with Gasteiger partial charge in [-0.25, -0.2) is 4.98 Å². The van der Waals surface area contributed by atoms with E-state index in [1.807, 2.05) is 40.6 Å². The normalized spacial score (nSPS) is 20.5. The van der Waals surface area contributed by atoms with Gasteiger partial charge in [0.15, 0.2) is 11.5 Å². The number of fused-ring (bicyclic) bond motifs is 1. The van der Waals surface area contributed by atoms with Crippen molar-refractivity contribution in [2.24, 2.45) is 0 Å². The Bertz CT molecular complexity index is 955. The Hall–Kier alpha value is -2.70. The van der Waals surface area contributed by atoms with Gasteiger partial charge in [-0.2, -0.15) is 4.98 Å². The minimum absolute atomic E-state index is 0.0583. The average molecular weight is 337 g/mol. The smallest absolute Gasteiger partial charge is 0.275 e. The summed E-state index contributed by atoms with van der Waals surface area (Å²) in [6.45, 7) is 2.61. The van der Waals surface area contributed by atoms with Crippen molar-refractivity contribution in [3.05, 3.63) is 47.6 Å². The number of amides is 1. The van der Waals surface area contributed by atoms with Crippen molar-refractivity contribution < 1.29 is 9.32 Å². The highest BCUT2D eigenvalue weighted by Gasteiger charge is 2.37. The van der Waals surface area contributed by atoms with Gasteiger partial charge in [-0.05, 0) is 44.7 Å². The van der Waals surface area contributed by atoms with Crippen LogP contribution in [0.4, 0.5) is 0 Å². The van der Waals surface area contributed by atoms with Gasteiger partial charge in [-0.1, -0.05) is 11.2 Å². The lowest BCUT2D eigenvalue weighted by Gasteiger charge is -2.21. The van der Waals surface area contributed by atoms with Gasteiger partial charge in [0.1, 0.15) is 5.82 Å². The van der Waals surface area contributed by atoms with Crippen molar-refractivity contribution in [2.45, 2.75) is 44.6 Å². The summed E-state index contributed by atoms with van der Waals surface area (Å²) in [7, 11) is 0. The summed E-state index contributed by atoms with van der Waals surface area (Å²) in [5.74, 6) is 2.53. The van der Waals surface area contributed by atoms with E-state index in [0.717, 1.165) is 42.9 Å². The molecule has 2 fully saturated rings. The summed E-state index contributed by atoms with van der Waals surface area (Å²) in [4.78, 5) is 24.1. The van der Waals surface area contributed by atoms with Crippen LogP contribution in [0.15, 0.2) is 28.9 Å². The number of nitrogens with zero attached hydrogens (tertiary/aromatic N) is 5. The summed E-state index contributed by atoms with van der Waals surface area (Å²) in [5, 5.41) is 4.15. The molecule has 1 unspecified atom stereocenters. The number of carbonyl (C=O) groups excluding carboxylic acids is 1. The second kappa shape index (κ2) is 5.40. The second-order valence-corrected chi connectivity index (χ2v) is 6.89. The van der Waals surface area contributed by atoms with Gasteiger partial charge in [0, 0.05) is 18.7 Å². The molecule has 1 saturated heterocycles. The molecular formula is C18H19N5O2. The van der Waals surface area contributed by atoms with E-state index in [-0.39, 0.29) is 11.9 Å². The molecule has 1 saturated carbocycles. The SMILES string of the molecule is Cc1nc(C(=O)N2CCCC2c2noc(C3CC3)n2)c2ccccn12. The summed E-state index contributed by atoms with van der Waals surface area (Å²) in [6, 6.07) is 5.67. The minimum Gasteiger partial charge on any atom is -0.339 e. The van der Waals surface area contributed by atoms with Gasteiger partial charge < -0.3 is 13.8 Å². The lowest BCUT2D eigenvalue weighted by atomic mass is 10.2. The molecule has 25 heavy (non-hydrogen) atoms. The number of imidazole rings is 1. The van der Waals surface area contributed by atoms with Crippen molar-refractivity contribution in [2.75, 3.05) is 6.54 Å². The van der Waals surface area contributed by atoms with Crippen LogP contribution in [-0.4, -0.2) is 36.9 Å². The number of pyridine rings is 1. The monoisotopic (exact) mass is 337 g/mol. The molecule has 4 heterocycles. The van der Waals surface area contributed by atoms with Crippen LogP contribution in [-0.2, 0) is 0 Å². The number of carbonyl (C=O) groups is 1. The highest BCUT2D eigenvalue weighted by atomic mass is 16.5. The molecule has 0 bridgehead atoms. The Labute approximate surface area is 144 Å². The molecule has 0 aromatic carbocycles. The molecule has 7 heteroatoms. The number of likely N-dealkylation sites (tertiary alicyclic amines) is 1. The maximum Gasteiger partial charge on any atom is 0.275 e. The molecule has 3 aromatic rings. The molecule has 0 radical (unpaired) electrons. The zero-order valence-electron chi connectivity index (χ0n) is 14.1. The minimum atomic E-state index is -0.121. The largest absolute Gasteiger partial charge is 0.339 e. The second-order valence-electron chi connectivity index (χ2n) is 6.89. The van der Waals surface area contributed by atoms with E-state index >= 15 is 0 Å². The molecule has 5 rings (SSSR count). The molecule has 128 valence electrons. The first-order valence-electron chi connectivity index (χ1n) is 8.80. The number of hydrogen-bond donors (Lipinski definition) is 0. The van der Waals surface area contributed by atoms with Gasteiger partial charge in [-0.3, -0.25) is 4.79 Å². The Morgan fingerprint density at radius 1 is 1.24 bits per heavy atom. The zero-order valence-corrected chi connectivity index (χ0v) is 14.1. The van der Waals surface area contributed by atoms with Crippen molar-refractivity contribution in [3.63, 3.8) is 0 Å². The van der Waals surface area contributed by atoms with Crippen LogP contribution in [0.25, 0.3) is 5.52 Å². The molecular weight excluding hydrogens is 318 g/mol. The first-order valence-corrected chi connectivity index (χ1v) is 8.80. The fourth-order valence-electron chi connectivity index (χ4n) is 3.64. The first-order chi connectivity index (χ1) is 12.2. The standard InChI is InChI=1S/C18H19N5O2/c1-11-19-15(13-5-2-3-9-22(11)13)18(24)23-10-4-6-14(23)16-20-17(25-21-16)12-7-8-12/h2-3,5,9,12,14H,4,6-8,10H2,1H3. The molecule has 1 aliphatic heterocycles. The van der Waals surface area contributed by atoms with E-state index < -0.39 is 0 Å². The lowest BCUT2D eigenvalue weighted by Crippen LogP contribution is -2.31. The Balaban J connectivity index is 1.48. The molecule has 1 amide bonds. The van der Waals surface area contributed by atoms with Gasteiger partial charge in [0.2, 0.25) is 5.89 Å². The van der Waals surface area contributed by atoms with Gasteiger partial charge in [0.25, 0.3) is 5.91 Å². The van der Waals surface area contributed by atoms with E-state index in [0.29, 0.717) is 24.0 Å². The Morgan fingerprint density at radius 3 is 2.96 bits per heavy atom. The summed E-state index contributed by atoms with van der Waals surface area (Å²) in [5.41, 5.74) is 1.33. The third-order valence-electron chi connectivity index (χ3n) is 5.12. The molecule has 0 spiro atoms. The quantitative estimate of drug-likeness (QED) is 0.734. The van der Waals surface area contributed by atoms with Crippen molar-refractivity contribution >= 4 is 11.4 Å². The molecule has 7 nitrogen and oxygen atoms in total. The van der Waals surface area contributed by atoms with Crippen molar-refractivity contribution in [1.82, 2.24) is 24.4 Å². The average Bonchev–Trinajstić information content (AvgIpc) is 3.07. The maximum atomic E-state index is 13.2. The zero-order chi connectivity index (χ0) is 17.0. The van der Waals surface area contributed by atoms with Crippen LogP contribution in [0, 0.1) is 6.92 Å². The molecule has 1 atom stereocenters. The van der Waals surface area contributed by atoms with E-state index in [1.165, 1.54) is 0 Å². The number of aromatic nitrogens is 4. The van der Waals surface area contributed by atoms with Crippen LogP contribution in [0.1, 0.15) is 65.7 Å². The van der Waals surface area contributed by atoms with Crippen molar-refractivity contribution in [1.29, 1.82) is 0 Å². The highest BCUT2D eigenvalue weighted by Crippen LogP contribution is 2.40. The Morgan fingerprint density at radius 2 is 2.12 bits per heavy atom.